The quantitative estimate of drug-likeness (QED) is 0.375. The Morgan fingerprint density at radius 2 is 1.80 bits per heavy atom. The van der Waals surface area contributed by atoms with Crippen LogP contribution >= 0.6 is 11.6 Å². The third-order valence-electron chi connectivity index (χ3n) is 5.18. The number of benzene rings is 2. The fourth-order valence-electron chi connectivity index (χ4n) is 3.55. The lowest BCUT2D eigenvalue weighted by atomic mass is 10.2. The number of urea groups is 1. The normalized spacial score (nSPS) is 11.1. The third kappa shape index (κ3) is 4.80. The van der Waals surface area contributed by atoms with Gasteiger partial charge >= 0.3 is 6.03 Å². The van der Waals surface area contributed by atoms with Crippen LogP contribution in [-0.2, 0) is 13.1 Å². The largest absolute Gasteiger partial charge is 0.331 e. The molecule has 0 aliphatic carbocycles. The second kappa shape index (κ2) is 9.47. The van der Waals surface area contributed by atoms with Crippen molar-refractivity contribution in [1.29, 1.82) is 0 Å². The van der Waals surface area contributed by atoms with Crippen LogP contribution in [0.5, 0.6) is 0 Å². The number of nitrogens with zero attached hydrogens (tertiary/aromatic N) is 7. The van der Waals surface area contributed by atoms with Gasteiger partial charge in [0.2, 0.25) is 0 Å². The summed E-state index contributed by atoms with van der Waals surface area (Å²) in [7, 11) is 0. The zero-order valence-electron chi connectivity index (χ0n) is 18.5. The van der Waals surface area contributed by atoms with Crippen LogP contribution in [0.15, 0.2) is 61.1 Å². The summed E-state index contributed by atoms with van der Waals surface area (Å²) in [4.78, 5) is 25.5. The predicted octanol–water partition coefficient (Wildman–Crippen LogP) is 3.50. The van der Waals surface area contributed by atoms with Crippen LogP contribution < -0.4 is 10.6 Å². The first-order valence-corrected chi connectivity index (χ1v) is 11.0. The molecule has 0 radical (unpaired) electrons. The van der Waals surface area contributed by atoms with Crippen molar-refractivity contribution in [3.8, 4) is 11.4 Å². The highest BCUT2D eigenvalue weighted by Gasteiger charge is 2.14. The van der Waals surface area contributed by atoms with Gasteiger partial charge in [-0.05, 0) is 31.2 Å². The Bertz CT molecular complexity index is 1530. The van der Waals surface area contributed by atoms with Crippen molar-refractivity contribution < 1.29 is 9.18 Å². The fourth-order valence-corrected chi connectivity index (χ4v) is 3.67. The maximum atomic E-state index is 13.8. The molecule has 176 valence electrons. The monoisotopic (exact) mass is 491 g/mol. The molecule has 5 rings (SSSR count). The molecule has 0 saturated carbocycles. The second-order valence-electron chi connectivity index (χ2n) is 7.60. The Morgan fingerprint density at radius 1 is 1.00 bits per heavy atom. The van der Waals surface area contributed by atoms with Gasteiger partial charge in [-0.3, -0.25) is 4.98 Å². The maximum Gasteiger partial charge on any atom is 0.315 e. The highest BCUT2D eigenvalue weighted by Crippen LogP contribution is 2.19. The first-order valence-electron chi connectivity index (χ1n) is 10.6. The van der Waals surface area contributed by atoms with E-state index in [0.717, 1.165) is 16.6 Å². The molecular formula is C23H19ClFN9O. The van der Waals surface area contributed by atoms with Crippen molar-refractivity contribution >= 4 is 28.5 Å². The van der Waals surface area contributed by atoms with Crippen molar-refractivity contribution in [2.24, 2.45) is 0 Å². The molecule has 3 aromatic heterocycles. The molecule has 12 heteroatoms. The van der Waals surface area contributed by atoms with Gasteiger partial charge in [0, 0.05) is 11.5 Å². The number of fused-ring (bicyclic) bond motifs is 1. The van der Waals surface area contributed by atoms with Crippen LogP contribution in [-0.4, -0.2) is 40.5 Å². The number of hydrogen-bond acceptors (Lipinski definition) is 6. The highest BCUT2D eigenvalue weighted by atomic mass is 35.5. The van der Waals surface area contributed by atoms with Crippen LogP contribution in [0.4, 0.5) is 9.18 Å². The van der Waals surface area contributed by atoms with Gasteiger partial charge in [0.15, 0.2) is 11.6 Å². The third-order valence-corrected chi connectivity index (χ3v) is 5.49. The van der Waals surface area contributed by atoms with Crippen LogP contribution in [0.25, 0.3) is 22.3 Å². The van der Waals surface area contributed by atoms with E-state index in [1.165, 1.54) is 23.1 Å². The van der Waals surface area contributed by atoms with E-state index < -0.39 is 11.8 Å². The molecule has 0 saturated heterocycles. The minimum absolute atomic E-state index is 0.00970. The summed E-state index contributed by atoms with van der Waals surface area (Å²) in [6, 6.07) is 13.6. The zero-order chi connectivity index (χ0) is 24.4. The molecule has 10 nitrogen and oxygen atoms in total. The van der Waals surface area contributed by atoms with E-state index in [2.05, 4.69) is 35.8 Å². The van der Waals surface area contributed by atoms with Crippen molar-refractivity contribution in [2.45, 2.75) is 20.0 Å². The van der Waals surface area contributed by atoms with E-state index in [-0.39, 0.29) is 18.1 Å². The molecule has 0 bridgehead atoms. The summed E-state index contributed by atoms with van der Waals surface area (Å²) in [5.41, 5.74) is 2.06. The number of aryl methyl sites for hydroxylation is 1. The van der Waals surface area contributed by atoms with Gasteiger partial charge in [-0.25, -0.2) is 28.5 Å². The first kappa shape index (κ1) is 22.4. The van der Waals surface area contributed by atoms with Gasteiger partial charge in [-0.15, -0.1) is 0 Å². The van der Waals surface area contributed by atoms with Crippen molar-refractivity contribution in [2.75, 3.05) is 0 Å². The van der Waals surface area contributed by atoms with Crippen molar-refractivity contribution in [1.82, 2.24) is 45.1 Å². The second-order valence-corrected chi connectivity index (χ2v) is 8.00. The molecular weight excluding hydrogens is 473 g/mol. The average molecular weight is 492 g/mol. The topological polar surface area (TPSA) is 115 Å². The van der Waals surface area contributed by atoms with E-state index in [1.54, 1.807) is 23.9 Å². The molecule has 3 heterocycles. The Hall–Kier alpha value is -4.38. The van der Waals surface area contributed by atoms with Crippen LogP contribution in [0.2, 0.25) is 5.02 Å². The minimum Gasteiger partial charge on any atom is -0.331 e. The standard InChI is InChI=1S/C23H19ClFN9O/c1-14-31-22(34(32-14)17-8-15-4-2-3-5-20(15)26-10-17)12-28-23(35)27-11-21-29-13-30-33(21)16-6-7-18(24)19(25)9-16/h2-10,13H,11-12H2,1H3,(H2,27,28,35). The zero-order valence-corrected chi connectivity index (χ0v) is 19.2. The van der Waals surface area contributed by atoms with Gasteiger partial charge in [-0.2, -0.15) is 10.2 Å². The number of carbonyl (C=O) groups excluding carboxylic acids is 1. The van der Waals surface area contributed by atoms with Crippen LogP contribution in [0.3, 0.4) is 0 Å². The molecule has 0 aliphatic rings. The van der Waals surface area contributed by atoms with Crippen LogP contribution in [0, 0.1) is 12.7 Å². The predicted molar refractivity (Wildman–Crippen MR) is 127 cm³/mol. The summed E-state index contributed by atoms with van der Waals surface area (Å²) >= 11 is 5.75. The Morgan fingerprint density at radius 3 is 2.63 bits per heavy atom. The smallest absolute Gasteiger partial charge is 0.315 e. The van der Waals surface area contributed by atoms with Gasteiger partial charge in [-0.1, -0.05) is 29.8 Å². The number of amides is 2. The van der Waals surface area contributed by atoms with E-state index in [4.69, 9.17) is 11.6 Å². The number of para-hydroxylation sites is 1. The lowest BCUT2D eigenvalue weighted by Gasteiger charge is -2.10. The highest BCUT2D eigenvalue weighted by molar-refractivity contribution is 6.30. The number of rotatable bonds is 6. The van der Waals surface area contributed by atoms with Gasteiger partial charge in [0.25, 0.3) is 0 Å². The summed E-state index contributed by atoms with van der Waals surface area (Å²) in [6.45, 7) is 1.98. The number of hydrogen-bond donors (Lipinski definition) is 2. The maximum absolute atomic E-state index is 13.8. The molecule has 0 spiro atoms. The van der Waals surface area contributed by atoms with Gasteiger partial charge in [0.05, 0.1) is 41.2 Å². The molecule has 5 aromatic rings. The number of pyridine rings is 1. The van der Waals surface area contributed by atoms with Gasteiger partial charge < -0.3 is 10.6 Å². The van der Waals surface area contributed by atoms with E-state index in [1.807, 2.05) is 30.3 Å². The summed E-state index contributed by atoms with van der Waals surface area (Å²) in [5.74, 6) is 0.966. The lowest BCUT2D eigenvalue weighted by molar-refractivity contribution is 0.239. The molecule has 0 fully saturated rings. The molecule has 0 atom stereocenters. The Labute approximate surface area is 203 Å². The molecule has 35 heavy (non-hydrogen) atoms. The average Bonchev–Trinajstić information content (AvgIpc) is 3.49. The van der Waals surface area contributed by atoms with Crippen molar-refractivity contribution in [3.63, 3.8) is 0 Å². The minimum atomic E-state index is -0.572. The molecule has 2 amide bonds. The molecule has 2 N–H and O–H groups in total. The number of nitrogens with one attached hydrogen (secondary N) is 2. The summed E-state index contributed by atoms with van der Waals surface area (Å²) < 4.78 is 16.9. The lowest BCUT2D eigenvalue weighted by Crippen LogP contribution is -2.36. The first-order chi connectivity index (χ1) is 17.0. The Kier molecular flexibility index (Phi) is 6.06. The number of aromatic nitrogens is 7. The molecule has 0 unspecified atom stereocenters. The molecule has 2 aromatic carbocycles. The van der Waals surface area contributed by atoms with Crippen LogP contribution in [0.1, 0.15) is 17.5 Å². The van der Waals surface area contributed by atoms with Gasteiger partial charge in [0.1, 0.15) is 18.0 Å². The number of carbonyl (C=O) groups is 1. The number of halogens is 2. The molecule has 0 aliphatic heterocycles. The van der Waals surface area contributed by atoms with E-state index >= 15 is 0 Å². The summed E-state index contributed by atoms with van der Waals surface area (Å²) in [5, 5.41) is 15.0. The summed E-state index contributed by atoms with van der Waals surface area (Å²) in [6.07, 6.45) is 3.04. The SMILES string of the molecule is Cc1nc(CNC(=O)NCc2ncnn2-c2ccc(Cl)c(F)c2)n(-c2cnc3ccccc3c2)n1. The van der Waals surface area contributed by atoms with Crippen molar-refractivity contribution in [3.05, 3.63) is 89.4 Å². The van der Waals surface area contributed by atoms with E-state index in [0.29, 0.717) is 23.2 Å². The fraction of sp³-hybridized carbons (Fsp3) is 0.130. The Balaban J connectivity index is 1.25. The van der Waals surface area contributed by atoms with E-state index in [9.17, 15) is 9.18 Å².